The van der Waals surface area contributed by atoms with E-state index in [9.17, 15) is 36.2 Å². The van der Waals surface area contributed by atoms with Crippen LogP contribution in [0.15, 0.2) is 24.4 Å². The number of nitrogens with one attached hydrogen (secondary N) is 1. The molecule has 1 amide bonds. The fourth-order valence-corrected chi connectivity index (χ4v) is 6.02. The van der Waals surface area contributed by atoms with Crippen molar-refractivity contribution in [2.45, 2.75) is 86.4 Å². The lowest BCUT2D eigenvalue weighted by atomic mass is 9.44. The van der Waals surface area contributed by atoms with Crippen molar-refractivity contribution >= 4 is 5.91 Å². The number of alkyl halides is 6. The highest BCUT2D eigenvalue weighted by molar-refractivity contribution is 5.83. The smallest absolute Gasteiger partial charge is 0.480 e. The fourth-order valence-electron chi connectivity index (χ4n) is 6.02. The molecule has 8 nitrogen and oxygen atoms in total. The van der Waals surface area contributed by atoms with Gasteiger partial charge in [-0.3, -0.25) is 9.53 Å². The number of aliphatic hydroxyl groups is 1. The lowest BCUT2D eigenvalue weighted by Gasteiger charge is -2.69. The van der Waals surface area contributed by atoms with Gasteiger partial charge in [-0.05, 0) is 50.3 Å². The summed E-state index contributed by atoms with van der Waals surface area (Å²) >= 11 is 0. The summed E-state index contributed by atoms with van der Waals surface area (Å²) in [5, 5.41) is 21.6. The zero-order chi connectivity index (χ0) is 26.4. The molecule has 1 aromatic carbocycles. The third-order valence-electron chi connectivity index (χ3n) is 7.90. The fraction of sp³-hybridized carbons (Fsp3) is 0.609. The molecule has 7 rings (SSSR count). The van der Waals surface area contributed by atoms with Crippen LogP contribution in [0.25, 0.3) is 0 Å². The first-order valence-electron chi connectivity index (χ1n) is 11.8. The molecule has 4 saturated carbocycles. The van der Waals surface area contributed by atoms with Crippen molar-refractivity contribution in [2.24, 2.45) is 0 Å². The summed E-state index contributed by atoms with van der Waals surface area (Å²) in [7, 11) is 0. The molecule has 2 aromatic rings. The molecule has 0 radical (unpaired) electrons. The molecule has 4 fully saturated rings. The van der Waals surface area contributed by atoms with Crippen LogP contribution in [0.1, 0.15) is 67.4 Å². The Morgan fingerprint density at radius 3 is 2.49 bits per heavy atom. The van der Waals surface area contributed by atoms with Crippen LogP contribution < -0.4 is 10.1 Å². The van der Waals surface area contributed by atoms with Gasteiger partial charge in [0, 0.05) is 29.6 Å². The molecule has 0 saturated heterocycles. The van der Waals surface area contributed by atoms with E-state index in [1.165, 1.54) is 0 Å². The minimum Gasteiger partial charge on any atom is -0.480 e. The Labute approximate surface area is 205 Å². The highest BCUT2D eigenvalue weighted by Gasteiger charge is 2.70. The van der Waals surface area contributed by atoms with E-state index in [0.29, 0.717) is 25.0 Å². The third-order valence-corrected chi connectivity index (χ3v) is 7.90. The Hall–Kier alpha value is -2.87. The number of ether oxygens (including phenoxy) is 2. The number of rotatable bonds is 5. The predicted octanol–water partition coefficient (Wildman–Crippen LogP) is 3.71. The van der Waals surface area contributed by atoms with Crippen molar-refractivity contribution in [1.29, 1.82) is 0 Å². The van der Waals surface area contributed by atoms with Crippen LogP contribution in [-0.4, -0.2) is 50.1 Å². The van der Waals surface area contributed by atoms with Crippen molar-refractivity contribution in [3.8, 4) is 5.75 Å². The highest BCUT2D eigenvalue weighted by Crippen LogP contribution is 2.65. The molecule has 2 heterocycles. The second-order valence-corrected chi connectivity index (χ2v) is 10.6. The lowest BCUT2D eigenvalue weighted by Crippen LogP contribution is -2.79. The Balaban J connectivity index is 1.03. The van der Waals surface area contributed by atoms with E-state index in [2.05, 4.69) is 20.4 Å². The molecule has 2 N–H and O–H groups in total. The first kappa shape index (κ1) is 24.5. The minimum atomic E-state index is -4.65. The zero-order valence-corrected chi connectivity index (χ0v) is 19.1. The maximum atomic E-state index is 13.0. The standard InChI is InChI=1S/C23H22F6N4O4/c24-22(25,26)12-1-2-17-14(5-12)16(34)6-18(36-17)19(35)30-20-8-21(9-20,10-20)33-7-15(31-32-33)11-3-13(4-11)37-23(27,28)29/h1-2,5,7,11,13,16,18,34H,3-4,6,8-10H2,(H,30,35)/t11?,13?,16-,18-,20?,21?/m1/s1. The highest BCUT2D eigenvalue weighted by atomic mass is 19.4. The summed E-state index contributed by atoms with van der Waals surface area (Å²) in [4.78, 5) is 12.9. The number of amides is 1. The van der Waals surface area contributed by atoms with Crippen molar-refractivity contribution in [1.82, 2.24) is 20.3 Å². The van der Waals surface area contributed by atoms with Crippen molar-refractivity contribution in [3.63, 3.8) is 0 Å². The van der Waals surface area contributed by atoms with Gasteiger partial charge in [-0.2, -0.15) is 13.2 Å². The van der Waals surface area contributed by atoms with Crippen LogP contribution in [0.5, 0.6) is 5.75 Å². The summed E-state index contributed by atoms with van der Waals surface area (Å²) in [6, 6.07) is 2.79. The summed E-state index contributed by atoms with van der Waals surface area (Å²) < 4.78 is 87.2. The molecule has 5 aliphatic rings. The maximum absolute atomic E-state index is 13.0. The van der Waals surface area contributed by atoms with Crippen LogP contribution in [0, 0.1) is 0 Å². The van der Waals surface area contributed by atoms with E-state index in [-0.39, 0.29) is 42.0 Å². The van der Waals surface area contributed by atoms with Crippen molar-refractivity contribution in [3.05, 3.63) is 41.2 Å². The number of aliphatic hydroxyl groups excluding tert-OH is 1. The number of aromatic nitrogens is 3. The second kappa shape index (κ2) is 7.82. The van der Waals surface area contributed by atoms with Gasteiger partial charge in [-0.25, -0.2) is 4.68 Å². The van der Waals surface area contributed by atoms with E-state index in [0.717, 1.165) is 18.2 Å². The summed E-state index contributed by atoms with van der Waals surface area (Å²) in [6.45, 7) is 0. The number of carbonyl (C=O) groups excluding carboxylic acids is 1. The van der Waals surface area contributed by atoms with E-state index in [4.69, 9.17) is 4.74 Å². The number of hydrogen-bond donors (Lipinski definition) is 2. The number of halogens is 6. The molecule has 0 unspecified atom stereocenters. The Kier molecular flexibility index (Phi) is 5.17. The van der Waals surface area contributed by atoms with E-state index in [1.54, 1.807) is 10.9 Å². The van der Waals surface area contributed by atoms with Gasteiger partial charge in [0.05, 0.1) is 29.0 Å². The third kappa shape index (κ3) is 4.23. The Bertz CT molecular complexity index is 1220. The number of hydrogen-bond acceptors (Lipinski definition) is 6. The van der Waals surface area contributed by atoms with Gasteiger partial charge in [0.15, 0.2) is 6.10 Å². The zero-order valence-electron chi connectivity index (χ0n) is 19.1. The van der Waals surface area contributed by atoms with Crippen LogP contribution in [-0.2, 0) is 21.2 Å². The molecule has 2 bridgehead atoms. The van der Waals surface area contributed by atoms with Gasteiger partial charge in [-0.15, -0.1) is 18.3 Å². The Morgan fingerprint density at radius 2 is 1.84 bits per heavy atom. The molecule has 1 aromatic heterocycles. The second-order valence-electron chi connectivity index (χ2n) is 10.6. The van der Waals surface area contributed by atoms with Crippen LogP contribution in [0.4, 0.5) is 26.3 Å². The SMILES string of the molecule is O=C(NC12CC(n3cc(C4CC(OC(F)(F)F)C4)nn3)(C1)C2)[C@H]1C[C@@H](O)c2cc(C(F)(F)F)ccc2O1. The van der Waals surface area contributed by atoms with E-state index < -0.39 is 47.9 Å². The van der Waals surface area contributed by atoms with Crippen LogP contribution in [0.2, 0.25) is 0 Å². The van der Waals surface area contributed by atoms with Gasteiger partial charge >= 0.3 is 12.5 Å². The first-order valence-corrected chi connectivity index (χ1v) is 11.8. The van der Waals surface area contributed by atoms with Crippen molar-refractivity contribution in [2.75, 3.05) is 0 Å². The molecule has 14 heteroatoms. The monoisotopic (exact) mass is 532 g/mol. The maximum Gasteiger partial charge on any atom is 0.522 e. The molecular formula is C23H22F6N4O4. The van der Waals surface area contributed by atoms with Gasteiger partial charge < -0.3 is 15.2 Å². The normalized spacial score (nSPS) is 34.4. The summed E-state index contributed by atoms with van der Waals surface area (Å²) in [5.74, 6) is -0.565. The predicted molar refractivity (Wildman–Crippen MR) is 111 cm³/mol. The van der Waals surface area contributed by atoms with Crippen molar-refractivity contribution < 1.29 is 45.7 Å². The van der Waals surface area contributed by atoms with Gasteiger partial charge in [0.2, 0.25) is 0 Å². The average Bonchev–Trinajstić information content (AvgIpc) is 3.19. The molecule has 1 aliphatic heterocycles. The number of nitrogens with zero attached hydrogens (tertiary/aromatic N) is 3. The topological polar surface area (TPSA) is 98.5 Å². The molecule has 4 aliphatic carbocycles. The molecule has 37 heavy (non-hydrogen) atoms. The summed E-state index contributed by atoms with van der Waals surface area (Å²) in [6.07, 6.45) is -8.65. The molecule has 0 spiro atoms. The number of benzene rings is 1. The van der Waals surface area contributed by atoms with Gasteiger partial charge in [0.1, 0.15) is 5.75 Å². The van der Waals surface area contributed by atoms with Gasteiger partial charge in [0.25, 0.3) is 5.91 Å². The molecule has 2 atom stereocenters. The minimum absolute atomic E-state index is 0.00641. The van der Waals surface area contributed by atoms with Crippen LogP contribution >= 0.6 is 0 Å². The Morgan fingerprint density at radius 1 is 1.14 bits per heavy atom. The summed E-state index contributed by atoms with van der Waals surface area (Å²) in [5.41, 5.74) is -1.09. The quantitative estimate of drug-likeness (QED) is 0.570. The molecular weight excluding hydrogens is 510 g/mol. The number of carbonyl (C=O) groups is 1. The van der Waals surface area contributed by atoms with E-state index in [1.807, 2.05) is 0 Å². The molecule has 200 valence electrons. The first-order chi connectivity index (χ1) is 17.2. The lowest BCUT2D eigenvalue weighted by molar-refractivity contribution is -0.351. The largest absolute Gasteiger partial charge is 0.522 e. The average molecular weight is 532 g/mol. The van der Waals surface area contributed by atoms with Gasteiger partial charge in [-0.1, -0.05) is 5.21 Å². The number of fused-ring (bicyclic) bond motifs is 1. The van der Waals surface area contributed by atoms with E-state index >= 15 is 0 Å². The van der Waals surface area contributed by atoms with Crippen LogP contribution in [0.3, 0.4) is 0 Å².